The van der Waals surface area contributed by atoms with E-state index < -0.39 is 0 Å². The molecule has 1 aliphatic rings. The molecule has 2 aromatic carbocycles. The Morgan fingerprint density at radius 2 is 1.65 bits per heavy atom. The highest BCUT2D eigenvalue weighted by Crippen LogP contribution is 2.38. The first kappa shape index (κ1) is 13.4. The van der Waals surface area contributed by atoms with E-state index in [9.17, 15) is 0 Å². The van der Waals surface area contributed by atoms with Crippen molar-refractivity contribution in [2.45, 2.75) is 32.1 Å². The molecule has 1 fully saturated rings. The number of rotatable bonds is 2. The highest BCUT2D eigenvalue weighted by molar-refractivity contribution is 5.35. The number of aryl methyl sites for hydroxylation is 2. The summed E-state index contributed by atoms with van der Waals surface area (Å²) < 4.78 is 0. The molecule has 3 rings (SSSR count). The van der Waals surface area contributed by atoms with Gasteiger partial charge < -0.3 is 5.32 Å². The van der Waals surface area contributed by atoms with Crippen molar-refractivity contribution in [2.75, 3.05) is 13.1 Å². The topological polar surface area (TPSA) is 12.0 Å². The van der Waals surface area contributed by atoms with E-state index >= 15 is 0 Å². The maximum absolute atomic E-state index is 3.57. The first-order valence-electron chi connectivity index (χ1n) is 7.58. The van der Waals surface area contributed by atoms with E-state index in [1.807, 2.05) is 0 Å². The molecule has 0 bridgehead atoms. The van der Waals surface area contributed by atoms with Gasteiger partial charge in [-0.25, -0.2) is 0 Å². The molecule has 1 nitrogen and oxygen atoms in total. The van der Waals surface area contributed by atoms with Crippen LogP contribution in [0.5, 0.6) is 0 Å². The molecule has 0 spiro atoms. The molecule has 0 radical (unpaired) electrons. The van der Waals surface area contributed by atoms with Crippen LogP contribution in [-0.2, 0) is 0 Å². The zero-order chi connectivity index (χ0) is 13.9. The van der Waals surface area contributed by atoms with E-state index in [0.29, 0.717) is 11.8 Å². The van der Waals surface area contributed by atoms with Gasteiger partial charge in [0.15, 0.2) is 0 Å². The van der Waals surface area contributed by atoms with Gasteiger partial charge in [-0.1, -0.05) is 54.1 Å². The van der Waals surface area contributed by atoms with E-state index in [-0.39, 0.29) is 0 Å². The summed E-state index contributed by atoms with van der Waals surface area (Å²) in [6, 6.07) is 17.9. The fraction of sp³-hybridized carbons (Fsp3) is 0.368. The van der Waals surface area contributed by atoms with Crippen molar-refractivity contribution < 1.29 is 0 Å². The molecule has 1 heterocycles. The Morgan fingerprint density at radius 3 is 2.40 bits per heavy atom. The third kappa shape index (κ3) is 2.64. The van der Waals surface area contributed by atoms with Crippen LogP contribution < -0.4 is 5.32 Å². The van der Waals surface area contributed by atoms with Gasteiger partial charge in [0.2, 0.25) is 0 Å². The Balaban J connectivity index is 1.95. The largest absolute Gasteiger partial charge is 0.316 e. The van der Waals surface area contributed by atoms with Crippen molar-refractivity contribution in [1.29, 1.82) is 0 Å². The number of benzene rings is 2. The average Bonchev–Trinajstić information content (AvgIpc) is 2.49. The minimum absolute atomic E-state index is 0.588. The van der Waals surface area contributed by atoms with E-state index in [1.165, 1.54) is 28.7 Å². The van der Waals surface area contributed by atoms with Gasteiger partial charge in [-0.3, -0.25) is 0 Å². The Kier molecular flexibility index (Phi) is 3.88. The van der Waals surface area contributed by atoms with Crippen LogP contribution in [0.3, 0.4) is 0 Å². The van der Waals surface area contributed by atoms with Gasteiger partial charge in [-0.15, -0.1) is 0 Å². The lowest BCUT2D eigenvalue weighted by Crippen LogP contribution is -2.34. The molecular weight excluding hydrogens is 242 g/mol. The summed E-state index contributed by atoms with van der Waals surface area (Å²) in [6.07, 6.45) is 1.23. The number of hydrogen-bond donors (Lipinski definition) is 1. The lowest BCUT2D eigenvalue weighted by atomic mass is 9.76. The second-order valence-electron chi connectivity index (χ2n) is 5.97. The minimum Gasteiger partial charge on any atom is -0.316 e. The smallest absolute Gasteiger partial charge is 0.00327 e. The molecule has 20 heavy (non-hydrogen) atoms. The Morgan fingerprint density at radius 1 is 0.900 bits per heavy atom. The first-order valence-corrected chi connectivity index (χ1v) is 7.58. The summed E-state index contributed by atoms with van der Waals surface area (Å²) in [5.41, 5.74) is 5.76. The predicted octanol–water partition coefficient (Wildman–Crippen LogP) is 4.16. The molecule has 1 aliphatic heterocycles. The van der Waals surface area contributed by atoms with Gasteiger partial charge in [0.05, 0.1) is 0 Å². The minimum atomic E-state index is 0.588. The van der Waals surface area contributed by atoms with Crippen LogP contribution >= 0.6 is 0 Å². The summed E-state index contributed by atoms with van der Waals surface area (Å²) in [7, 11) is 0. The van der Waals surface area contributed by atoms with Crippen LogP contribution in [0.4, 0.5) is 0 Å². The van der Waals surface area contributed by atoms with Gasteiger partial charge in [-0.2, -0.15) is 0 Å². The molecule has 2 aromatic rings. The molecule has 0 aromatic heterocycles. The van der Waals surface area contributed by atoms with Gasteiger partial charge in [-0.05, 0) is 49.4 Å². The van der Waals surface area contributed by atoms with Crippen molar-refractivity contribution in [3.05, 3.63) is 70.8 Å². The molecule has 1 N–H and O–H groups in total. The van der Waals surface area contributed by atoms with Gasteiger partial charge in [0.25, 0.3) is 0 Å². The van der Waals surface area contributed by atoms with Crippen LogP contribution in [0.15, 0.2) is 48.5 Å². The quantitative estimate of drug-likeness (QED) is 0.859. The summed E-state index contributed by atoms with van der Waals surface area (Å²) in [6.45, 7) is 6.61. The van der Waals surface area contributed by atoms with Crippen LogP contribution in [0.25, 0.3) is 0 Å². The van der Waals surface area contributed by atoms with Crippen molar-refractivity contribution in [1.82, 2.24) is 5.32 Å². The van der Waals surface area contributed by atoms with E-state index in [1.54, 1.807) is 0 Å². The van der Waals surface area contributed by atoms with Crippen molar-refractivity contribution in [2.24, 2.45) is 0 Å². The standard InChI is InChI=1S/C19H23N/c1-14-7-9-16(10-8-14)19-13-20-12-11-18(19)17-6-4-3-5-15(17)2/h3-10,18-20H,11-13H2,1-2H3. The molecule has 0 aliphatic carbocycles. The van der Waals surface area contributed by atoms with Gasteiger partial charge >= 0.3 is 0 Å². The maximum Gasteiger partial charge on any atom is 0.00327 e. The Bertz CT molecular complexity index is 571. The zero-order valence-electron chi connectivity index (χ0n) is 12.4. The number of hydrogen-bond acceptors (Lipinski definition) is 1. The monoisotopic (exact) mass is 265 g/mol. The summed E-state index contributed by atoms with van der Waals surface area (Å²) in [4.78, 5) is 0. The molecule has 0 saturated carbocycles. The van der Waals surface area contributed by atoms with E-state index in [0.717, 1.165) is 13.1 Å². The highest BCUT2D eigenvalue weighted by Gasteiger charge is 2.28. The molecule has 1 saturated heterocycles. The lowest BCUT2D eigenvalue weighted by molar-refractivity contribution is 0.403. The van der Waals surface area contributed by atoms with E-state index in [4.69, 9.17) is 0 Å². The molecule has 2 unspecified atom stereocenters. The van der Waals surface area contributed by atoms with Crippen molar-refractivity contribution in [3.8, 4) is 0 Å². The summed E-state index contributed by atoms with van der Waals surface area (Å²) in [5.74, 6) is 1.23. The lowest BCUT2D eigenvalue weighted by Gasteiger charge is -2.34. The number of nitrogens with one attached hydrogen (secondary N) is 1. The summed E-state index contributed by atoms with van der Waals surface area (Å²) in [5, 5.41) is 3.57. The summed E-state index contributed by atoms with van der Waals surface area (Å²) >= 11 is 0. The normalized spacial score (nSPS) is 22.7. The fourth-order valence-electron chi connectivity index (χ4n) is 3.40. The predicted molar refractivity (Wildman–Crippen MR) is 85.3 cm³/mol. The second-order valence-corrected chi connectivity index (χ2v) is 5.97. The van der Waals surface area contributed by atoms with E-state index in [2.05, 4.69) is 67.7 Å². The third-order valence-electron chi connectivity index (χ3n) is 4.58. The van der Waals surface area contributed by atoms with Crippen LogP contribution in [0, 0.1) is 13.8 Å². The Hall–Kier alpha value is -1.60. The van der Waals surface area contributed by atoms with Crippen molar-refractivity contribution >= 4 is 0 Å². The SMILES string of the molecule is Cc1ccc(C2CNCCC2c2ccccc2C)cc1. The van der Waals surface area contributed by atoms with Crippen molar-refractivity contribution in [3.63, 3.8) is 0 Å². The molecule has 2 atom stereocenters. The van der Waals surface area contributed by atoms with Gasteiger partial charge in [0, 0.05) is 12.5 Å². The zero-order valence-corrected chi connectivity index (χ0v) is 12.4. The third-order valence-corrected chi connectivity index (χ3v) is 4.58. The number of piperidine rings is 1. The molecular formula is C19H23N. The average molecular weight is 265 g/mol. The highest BCUT2D eigenvalue weighted by atomic mass is 14.9. The van der Waals surface area contributed by atoms with Crippen LogP contribution in [-0.4, -0.2) is 13.1 Å². The Labute approximate surface area is 122 Å². The maximum atomic E-state index is 3.57. The van der Waals surface area contributed by atoms with Crippen LogP contribution in [0.1, 0.15) is 40.5 Å². The fourth-order valence-corrected chi connectivity index (χ4v) is 3.40. The second kappa shape index (κ2) is 5.80. The molecule has 0 amide bonds. The van der Waals surface area contributed by atoms with Crippen LogP contribution in [0.2, 0.25) is 0 Å². The first-order chi connectivity index (χ1) is 9.75. The van der Waals surface area contributed by atoms with Gasteiger partial charge in [0.1, 0.15) is 0 Å². The molecule has 104 valence electrons. The molecule has 1 heteroatoms.